The second kappa shape index (κ2) is 13.1. The molecule has 0 radical (unpaired) electrons. The van der Waals surface area contributed by atoms with Gasteiger partial charge in [0.25, 0.3) is 0 Å². The molecular weight excluding hydrogens is 450 g/mol. The van der Waals surface area contributed by atoms with Crippen LogP contribution in [0, 0.1) is 17.2 Å². The summed E-state index contributed by atoms with van der Waals surface area (Å²) in [5.41, 5.74) is 1.40. The molecule has 0 spiro atoms. The molecule has 2 aromatic carbocycles. The van der Waals surface area contributed by atoms with Gasteiger partial charge in [-0.2, -0.15) is 5.26 Å². The fourth-order valence-electron chi connectivity index (χ4n) is 5.16. The topological polar surface area (TPSA) is 82.4 Å². The molecule has 1 saturated heterocycles. The lowest BCUT2D eigenvalue weighted by Gasteiger charge is -2.31. The second-order valence-corrected chi connectivity index (χ2v) is 9.81. The number of carbonyl (C=O) groups excluding carboxylic acids is 2. The first-order valence-corrected chi connectivity index (χ1v) is 13.2. The fourth-order valence-corrected chi connectivity index (χ4v) is 5.16. The Bertz CT molecular complexity index is 1050. The van der Waals surface area contributed by atoms with Gasteiger partial charge in [0.1, 0.15) is 11.8 Å². The Kier molecular flexibility index (Phi) is 9.93. The van der Waals surface area contributed by atoms with E-state index in [-0.39, 0.29) is 17.7 Å². The molecule has 1 aliphatic rings. The van der Waals surface area contributed by atoms with Gasteiger partial charge in [-0.15, -0.1) is 0 Å². The molecule has 1 N–H and O–H groups in total. The number of rotatable bonds is 12. The number of amides is 2. The monoisotopic (exact) mass is 489 g/mol. The number of para-hydroxylation sites is 1. The van der Waals surface area contributed by atoms with E-state index in [0.29, 0.717) is 45.4 Å². The van der Waals surface area contributed by atoms with E-state index in [9.17, 15) is 14.9 Å². The molecule has 6 heteroatoms. The highest BCUT2D eigenvalue weighted by molar-refractivity contribution is 5.88. The van der Waals surface area contributed by atoms with Gasteiger partial charge in [-0.25, -0.2) is 0 Å². The molecule has 6 nitrogen and oxygen atoms in total. The number of hydrogen-bond acceptors (Lipinski definition) is 4. The van der Waals surface area contributed by atoms with Gasteiger partial charge in [0.15, 0.2) is 0 Å². The molecule has 1 aliphatic heterocycles. The summed E-state index contributed by atoms with van der Waals surface area (Å²) in [5.74, 6) is 0.846. The van der Waals surface area contributed by atoms with Gasteiger partial charge in [-0.1, -0.05) is 68.8 Å². The van der Waals surface area contributed by atoms with E-state index in [1.807, 2.05) is 61.5 Å². The zero-order valence-corrected chi connectivity index (χ0v) is 21.8. The predicted molar refractivity (Wildman–Crippen MR) is 141 cm³/mol. The molecule has 2 amide bonds. The van der Waals surface area contributed by atoms with E-state index >= 15 is 0 Å². The number of carbonyl (C=O) groups is 2. The molecule has 2 atom stereocenters. The molecule has 0 saturated carbocycles. The van der Waals surface area contributed by atoms with Gasteiger partial charge >= 0.3 is 0 Å². The molecule has 2 aromatic rings. The number of likely N-dealkylation sites (tertiary alicyclic amines) is 1. The molecule has 0 unspecified atom stereocenters. The van der Waals surface area contributed by atoms with Crippen LogP contribution in [-0.2, 0) is 21.5 Å². The average molecular weight is 490 g/mol. The second-order valence-electron chi connectivity index (χ2n) is 9.81. The standard InChI is InChI=1S/C30H39N3O3/c1-4-36-27-17-9-8-13-24(27)21-32-29(35)26-16-12-20-33(26)28(34)18-10-11-19-30(22-31,23(2)3)25-14-6-5-7-15-25/h5-9,13-15,17,23,26H,4,10-12,16,18-21H2,1-3H3,(H,32,35)/t26-,30+/m1/s1. The van der Waals surface area contributed by atoms with Crippen LogP contribution in [0.1, 0.15) is 70.4 Å². The smallest absolute Gasteiger partial charge is 0.243 e. The summed E-state index contributed by atoms with van der Waals surface area (Å²) >= 11 is 0. The van der Waals surface area contributed by atoms with Gasteiger partial charge in [0, 0.05) is 25.1 Å². The lowest BCUT2D eigenvalue weighted by molar-refractivity contribution is -0.138. The molecule has 0 aromatic heterocycles. The van der Waals surface area contributed by atoms with E-state index in [2.05, 4.69) is 25.2 Å². The highest BCUT2D eigenvalue weighted by Gasteiger charge is 2.36. The van der Waals surface area contributed by atoms with Crippen molar-refractivity contribution >= 4 is 11.8 Å². The van der Waals surface area contributed by atoms with E-state index in [1.54, 1.807) is 4.90 Å². The van der Waals surface area contributed by atoms with Crippen molar-refractivity contribution in [3.63, 3.8) is 0 Å². The summed E-state index contributed by atoms with van der Waals surface area (Å²) in [6.45, 7) is 7.66. The lowest BCUT2D eigenvalue weighted by Crippen LogP contribution is -2.45. The molecule has 36 heavy (non-hydrogen) atoms. The van der Waals surface area contributed by atoms with E-state index < -0.39 is 11.5 Å². The van der Waals surface area contributed by atoms with Crippen molar-refractivity contribution in [2.45, 2.75) is 77.3 Å². The van der Waals surface area contributed by atoms with Gasteiger partial charge in [0.05, 0.1) is 18.1 Å². The molecule has 3 rings (SSSR count). The fraction of sp³-hybridized carbons (Fsp3) is 0.500. The molecule has 192 valence electrons. The third kappa shape index (κ3) is 6.46. The first-order chi connectivity index (χ1) is 17.4. The Morgan fingerprint density at radius 3 is 2.56 bits per heavy atom. The van der Waals surface area contributed by atoms with Crippen LogP contribution in [0.2, 0.25) is 0 Å². The SMILES string of the molecule is CCOc1ccccc1CNC(=O)[C@H]1CCCN1C(=O)CCCC[C@@](C#N)(c1ccccc1)C(C)C. The number of hydrogen-bond donors (Lipinski definition) is 1. The quantitative estimate of drug-likeness (QED) is 0.406. The van der Waals surface area contributed by atoms with E-state index in [0.717, 1.165) is 29.7 Å². The van der Waals surface area contributed by atoms with Crippen molar-refractivity contribution in [2.24, 2.45) is 5.92 Å². The normalized spacial score (nSPS) is 16.9. The van der Waals surface area contributed by atoms with Crippen molar-refractivity contribution in [2.75, 3.05) is 13.2 Å². The molecule has 0 aliphatic carbocycles. The number of unbranched alkanes of at least 4 members (excludes halogenated alkanes) is 1. The Hall–Kier alpha value is -3.33. The first-order valence-electron chi connectivity index (χ1n) is 13.2. The summed E-state index contributed by atoms with van der Waals surface area (Å²) in [7, 11) is 0. The molecule has 1 heterocycles. The highest BCUT2D eigenvalue weighted by atomic mass is 16.5. The summed E-state index contributed by atoms with van der Waals surface area (Å²) in [4.78, 5) is 27.7. The number of nitriles is 1. The van der Waals surface area contributed by atoms with Crippen LogP contribution in [0.25, 0.3) is 0 Å². The zero-order chi connectivity index (χ0) is 26.0. The number of ether oxygens (including phenoxy) is 1. The first kappa shape index (κ1) is 27.3. The van der Waals surface area contributed by atoms with E-state index in [1.165, 1.54) is 0 Å². The zero-order valence-electron chi connectivity index (χ0n) is 21.8. The Labute approximate surface area is 215 Å². The lowest BCUT2D eigenvalue weighted by atomic mass is 9.69. The number of benzene rings is 2. The van der Waals surface area contributed by atoms with Crippen molar-refractivity contribution in [1.29, 1.82) is 5.26 Å². The summed E-state index contributed by atoms with van der Waals surface area (Å²) in [6.07, 6.45) is 4.11. The minimum atomic E-state index is -0.557. The Morgan fingerprint density at radius 2 is 1.86 bits per heavy atom. The van der Waals surface area contributed by atoms with Gasteiger partial charge < -0.3 is 15.0 Å². The van der Waals surface area contributed by atoms with Crippen LogP contribution >= 0.6 is 0 Å². The maximum atomic E-state index is 13.0. The molecular formula is C30H39N3O3. The number of nitrogens with one attached hydrogen (secondary N) is 1. The molecule has 1 fully saturated rings. The highest BCUT2D eigenvalue weighted by Crippen LogP contribution is 2.37. The summed E-state index contributed by atoms with van der Waals surface area (Å²) in [6, 6.07) is 19.8. The van der Waals surface area contributed by atoms with Crippen LogP contribution in [-0.4, -0.2) is 35.9 Å². The van der Waals surface area contributed by atoms with Gasteiger partial charge in [0.2, 0.25) is 11.8 Å². The van der Waals surface area contributed by atoms with Crippen molar-refractivity contribution < 1.29 is 14.3 Å². The molecule has 0 bridgehead atoms. The van der Waals surface area contributed by atoms with Crippen molar-refractivity contribution in [1.82, 2.24) is 10.2 Å². The minimum Gasteiger partial charge on any atom is -0.494 e. The Balaban J connectivity index is 1.52. The Morgan fingerprint density at radius 1 is 1.14 bits per heavy atom. The van der Waals surface area contributed by atoms with E-state index in [4.69, 9.17) is 4.74 Å². The van der Waals surface area contributed by atoms with Crippen LogP contribution in [0.4, 0.5) is 0 Å². The minimum absolute atomic E-state index is 0.0224. The largest absolute Gasteiger partial charge is 0.494 e. The maximum Gasteiger partial charge on any atom is 0.243 e. The van der Waals surface area contributed by atoms with Crippen LogP contribution in [0.5, 0.6) is 5.75 Å². The van der Waals surface area contributed by atoms with Crippen LogP contribution < -0.4 is 10.1 Å². The summed E-state index contributed by atoms with van der Waals surface area (Å²) in [5, 5.41) is 13.1. The number of nitrogens with zero attached hydrogens (tertiary/aromatic N) is 2. The van der Waals surface area contributed by atoms with Crippen molar-refractivity contribution in [3.05, 3.63) is 65.7 Å². The van der Waals surface area contributed by atoms with Gasteiger partial charge in [-0.05, 0) is 50.2 Å². The van der Waals surface area contributed by atoms with Gasteiger partial charge in [-0.3, -0.25) is 9.59 Å². The maximum absolute atomic E-state index is 13.0. The van der Waals surface area contributed by atoms with Crippen LogP contribution in [0.15, 0.2) is 54.6 Å². The van der Waals surface area contributed by atoms with Crippen LogP contribution in [0.3, 0.4) is 0 Å². The average Bonchev–Trinajstić information content (AvgIpc) is 3.39. The summed E-state index contributed by atoms with van der Waals surface area (Å²) < 4.78 is 5.65. The third-order valence-corrected chi connectivity index (χ3v) is 7.29. The predicted octanol–water partition coefficient (Wildman–Crippen LogP) is 5.37. The van der Waals surface area contributed by atoms with Crippen molar-refractivity contribution in [3.8, 4) is 11.8 Å². The third-order valence-electron chi connectivity index (χ3n) is 7.29.